The summed E-state index contributed by atoms with van der Waals surface area (Å²) in [6, 6.07) is 5.66. The number of methoxy groups -OCH3 is 2. The molecule has 1 aromatic carbocycles. The van der Waals surface area contributed by atoms with Crippen LogP contribution in [0.2, 0.25) is 0 Å². The summed E-state index contributed by atoms with van der Waals surface area (Å²) in [5.74, 6) is -1.51. The third kappa shape index (κ3) is 3.32. The number of carbonyl (C=O) groups excluding carboxylic acids is 2. The number of nitro groups is 1. The van der Waals surface area contributed by atoms with Gasteiger partial charge in [-0.1, -0.05) is 12.1 Å². The fourth-order valence-corrected chi connectivity index (χ4v) is 2.12. The molecule has 1 aliphatic heterocycles. The molecular formula is C16H14N2O6. The van der Waals surface area contributed by atoms with Crippen LogP contribution in [-0.2, 0) is 19.1 Å². The number of esters is 2. The van der Waals surface area contributed by atoms with Gasteiger partial charge in [0.25, 0.3) is 5.69 Å². The molecule has 24 heavy (non-hydrogen) atoms. The van der Waals surface area contributed by atoms with Crippen molar-refractivity contribution in [3.8, 4) is 0 Å². The van der Waals surface area contributed by atoms with Crippen molar-refractivity contribution in [2.24, 2.45) is 0 Å². The van der Waals surface area contributed by atoms with Crippen molar-refractivity contribution < 1.29 is 24.0 Å². The van der Waals surface area contributed by atoms with Crippen LogP contribution in [0.15, 0.2) is 60.0 Å². The number of anilines is 1. The Morgan fingerprint density at radius 2 is 1.83 bits per heavy atom. The molecule has 0 atom stereocenters. The van der Waals surface area contributed by atoms with Gasteiger partial charge in [0.05, 0.1) is 30.4 Å². The maximum absolute atomic E-state index is 12.2. The highest BCUT2D eigenvalue weighted by Crippen LogP contribution is 2.28. The normalized spacial score (nSPS) is 13.5. The molecule has 2 rings (SSSR count). The Morgan fingerprint density at radius 1 is 1.12 bits per heavy atom. The van der Waals surface area contributed by atoms with E-state index in [4.69, 9.17) is 9.47 Å². The summed E-state index contributed by atoms with van der Waals surface area (Å²) >= 11 is 0. The number of carbonyl (C=O) groups is 2. The van der Waals surface area contributed by atoms with E-state index in [2.05, 4.69) is 0 Å². The molecule has 1 heterocycles. The van der Waals surface area contributed by atoms with E-state index >= 15 is 0 Å². The topological polar surface area (TPSA) is 99.0 Å². The van der Waals surface area contributed by atoms with E-state index in [0.717, 1.165) is 0 Å². The van der Waals surface area contributed by atoms with E-state index in [0.29, 0.717) is 5.69 Å². The van der Waals surface area contributed by atoms with Crippen molar-refractivity contribution >= 4 is 23.3 Å². The van der Waals surface area contributed by atoms with Gasteiger partial charge >= 0.3 is 11.9 Å². The number of hydrogen-bond acceptors (Lipinski definition) is 7. The van der Waals surface area contributed by atoms with E-state index in [9.17, 15) is 19.7 Å². The molecule has 1 aromatic rings. The van der Waals surface area contributed by atoms with E-state index in [1.54, 1.807) is 18.2 Å². The SMILES string of the molecule is COC(=O)C1=C(C(=O)OC)N(c2cccc([N+](=O)[O-])c2)C=CC=C1. The smallest absolute Gasteiger partial charge is 0.355 e. The van der Waals surface area contributed by atoms with Gasteiger partial charge in [-0.3, -0.25) is 10.1 Å². The van der Waals surface area contributed by atoms with Crippen LogP contribution in [0.3, 0.4) is 0 Å². The van der Waals surface area contributed by atoms with Gasteiger partial charge in [0.1, 0.15) is 5.70 Å². The molecule has 8 nitrogen and oxygen atoms in total. The number of non-ortho nitro benzene ring substituents is 1. The van der Waals surface area contributed by atoms with E-state index < -0.39 is 16.9 Å². The lowest BCUT2D eigenvalue weighted by Crippen LogP contribution is -2.26. The van der Waals surface area contributed by atoms with E-state index in [1.165, 1.54) is 49.6 Å². The van der Waals surface area contributed by atoms with Crippen LogP contribution in [0.4, 0.5) is 11.4 Å². The average Bonchev–Trinajstić information content (AvgIpc) is 2.83. The number of ether oxygens (including phenoxy) is 2. The highest BCUT2D eigenvalue weighted by atomic mass is 16.6. The van der Waals surface area contributed by atoms with Gasteiger partial charge < -0.3 is 14.4 Å². The number of benzene rings is 1. The Morgan fingerprint density at radius 3 is 2.46 bits per heavy atom. The quantitative estimate of drug-likeness (QED) is 0.473. The van der Waals surface area contributed by atoms with Gasteiger partial charge in [-0.15, -0.1) is 0 Å². The Kier molecular flexibility index (Phi) is 5.10. The summed E-state index contributed by atoms with van der Waals surface area (Å²) in [6.07, 6.45) is 6.04. The van der Waals surface area contributed by atoms with Crippen molar-refractivity contribution in [3.05, 3.63) is 70.1 Å². The molecule has 0 N–H and O–H groups in total. The Hall–Kier alpha value is -3.42. The summed E-state index contributed by atoms with van der Waals surface area (Å²) in [6.45, 7) is 0. The largest absolute Gasteiger partial charge is 0.465 e. The fraction of sp³-hybridized carbons (Fsp3) is 0.125. The predicted molar refractivity (Wildman–Crippen MR) is 84.9 cm³/mol. The minimum atomic E-state index is -0.780. The lowest BCUT2D eigenvalue weighted by Gasteiger charge is -2.22. The number of rotatable bonds is 4. The van der Waals surface area contributed by atoms with E-state index in [1.807, 2.05) is 0 Å². The number of nitrogens with zero attached hydrogens (tertiary/aromatic N) is 2. The monoisotopic (exact) mass is 330 g/mol. The number of allylic oxidation sites excluding steroid dienone is 2. The summed E-state index contributed by atoms with van der Waals surface area (Å²) in [5, 5.41) is 11.0. The molecule has 0 unspecified atom stereocenters. The van der Waals surface area contributed by atoms with Crippen molar-refractivity contribution in [1.82, 2.24) is 0 Å². The lowest BCUT2D eigenvalue weighted by atomic mass is 10.1. The van der Waals surface area contributed by atoms with Crippen LogP contribution in [0.1, 0.15) is 0 Å². The van der Waals surface area contributed by atoms with Crippen molar-refractivity contribution in [3.63, 3.8) is 0 Å². The van der Waals surface area contributed by atoms with Gasteiger partial charge in [-0.2, -0.15) is 0 Å². The average molecular weight is 330 g/mol. The van der Waals surface area contributed by atoms with Crippen LogP contribution >= 0.6 is 0 Å². The second kappa shape index (κ2) is 7.23. The van der Waals surface area contributed by atoms with E-state index in [-0.39, 0.29) is 17.0 Å². The van der Waals surface area contributed by atoms with Gasteiger partial charge in [-0.25, -0.2) is 9.59 Å². The molecule has 124 valence electrons. The van der Waals surface area contributed by atoms with Crippen molar-refractivity contribution in [2.75, 3.05) is 19.1 Å². The standard InChI is InChI=1S/C16H14N2O6/c1-23-15(19)13-8-3-4-9-17(14(13)16(20)24-2)11-6-5-7-12(10-11)18(21)22/h3-10H,1-2H3. The highest BCUT2D eigenvalue weighted by molar-refractivity contribution is 6.05. The zero-order valence-corrected chi connectivity index (χ0v) is 13.0. The molecule has 0 spiro atoms. The first kappa shape index (κ1) is 16.9. The first-order valence-corrected chi connectivity index (χ1v) is 6.79. The molecule has 0 amide bonds. The molecule has 0 radical (unpaired) electrons. The second-order valence-electron chi connectivity index (χ2n) is 4.59. The first-order valence-electron chi connectivity index (χ1n) is 6.79. The zero-order valence-electron chi connectivity index (χ0n) is 13.0. The van der Waals surface area contributed by atoms with Gasteiger partial charge in [0.15, 0.2) is 0 Å². The molecule has 8 heteroatoms. The first-order chi connectivity index (χ1) is 11.5. The van der Waals surface area contributed by atoms with Gasteiger partial charge in [0.2, 0.25) is 0 Å². The molecular weight excluding hydrogens is 316 g/mol. The minimum absolute atomic E-state index is 0.0270. The predicted octanol–water partition coefficient (Wildman–Crippen LogP) is 2.08. The summed E-state index contributed by atoms with van der Waals surface area (Å²) in [7, 11) is 2.36. The van der Waals surface area contributed by atoms with Gasteiger partial charge in [-0.05, 0) is 18.2 Å². The highest BCUT2D eigenvalue weighted by Gasteiger charge is 2.28. The second-order valence-corrected chi connectivity index (χ2v) is 4.59. The maximum atomic E-state index is 12.2. The molecule has 0 saturated heterocycles. The molecule has 0 fully saturated rings. The summed E-state index contributed by atoms with van der Waals surface area (Å²) in [5.41, 5.74) is 0.0450. The third-order valence-electron chi connectivity index (χ3n) is 3.21. The summed E-state index contributed by atoms with van der Waals surface area (Å²) < 4.78 is 9.45. The van der Waals surface area contributed by atoms with Crippen LogP contribution in [0, 0.1) is 10.1 Å². The lowest BCUT2D eigenvalue weighted by molar-refractivity contribution is -0.384. The van der Waals surface area contributed by atoms with Crippen LogP contribution < -0.4 is 4.90 Å². The zero-order chi connectivity index (χ0) is 17.7. The molecule has 0 saturated carbocycles. The van der Waals surface area contributed by atoms with Crippen LogP contribution in [-0.4, -0.2) is 31.1 Å². The molecule has 1 aliphatic rings. The fourth-order valence-electron chi connectivity index (χ4n) is 2.12. The Balaban J connectivity index is 2.65. The van der Waals surface area contributed by atoms with Crippen molar-refractivity contribution in [2.45, 2.75) is 0 Å². The number of hydrogen-bond donors (Lipinski definition) is 0. The Bertz CT molecular complexity index is 779. The van der Waals surface area contributed by atoms with Crippen LogP contribution in [0.25, 0.3) is 0 Å². The maximum Gasteiger partial charge on any atom is 0.355 e. The van der Waals surface area contributed by atoms with Crippen LogP contribution in [0.5, 0.6) is 0 Å². The summed E-state index contributed by atoms with van der Waals surface area (Å²) in [4.78, 5) is 36.0. The molecule has 0 bridgehead atoms. The van der Waals surface area contributed by atoms with Gasteiger partial charge in [0, 0.05) is 18.3 Å². The third-order valence-corrected chi connectivity index (χ3v) is 3.21. The molecule has 0 aliphatic carbocycles. The number of nitro benzene ring substituents is 1. The minimum Gasteiger partial charge on any atom is -0.465 e. The van der Waals surface area contributed by atoms with Crippen molar-refractivity contribution in [1.29, 1.82) is 0 Å². The molecule has 0 aromatic heterocycles. The Labute approximate surface area is 137 Å².